The van der Waals surface area contributed by atoms with Crippen LogP contribution in [0.5, 0.6) is 0 Å². The highest BCUT2D eigenvalue weighted by molar-refractivity contribution is 7.85. The zero-order valence-electron chi connectivity index (χ0n) is 11.0. The van der Waals surface area contributed by atoms with Crippen LogP contribution < -0.4 is 0 Å². The van der Waals surface area contributed by atoms with E-state index in [9.17, 15) is 9.00 Å². The number of para-hydroxylation sites is 1. The average molecular weight is 312 g/mol. The summed E-state index contributed by atoms with van der Waals surface area (Å²) in [5.74, 6) is -0.142. The van der Waals surface area contributed by atoms with Crippen LogP contribution in [0.4, 0.5) is 0 Å². The smallest absolute Gasteiger partial charge is 0.318 e. The number of benzene rings is 1. The number of fused-ring (bicyclic) bond motifs is 1. The Morgan fingerprint density at radius 2 is 2.15 bits per heavy atom. The minimum absolute atomic E-state index is 0.0381. The monoisotopic (exact) mass is 311 g/mol. The van der Waals surface area contributed by atoms with Gasteiger partial charge in [-0.15, -0.1) is 0 Å². The second-order valence-corrected chi connectivity index (χ2v) is 6.27. The molecule has 0 aliphatic heterocycles. The number of esters is 1. The number of ether oxygens (including phenoxy) is 1. The lowest BCUT2D eigenvalue weighted by molar-refractivity contribution is -0.141. The summed E-state index contributed by atoms with van der Waals surface area (Å²) in [5, 5.41) is 1.24. The minimum Gasteiger partial charge on any atom is -0.460 e. The third-order valence-electron chi connectivity index (χ3n) is 2.74. The first kappa shape index (κ1) is 14.9. The Morgan fingerprint density at radius 3 is 2.90 bits per heavy atom. The van der Waals surface area contributed by atoms with Gasteiger partial charge in [0.25, 0.3) is 0 Å². The first-order chi connectivity index (χ1) is 9.60. The van der Waals surface area contributed by atoms with E-state index in [2.05, 4.69) is 4.98 Å². The maximum atomic E-state index is 11.5. The Labute approximate surface area is 124 Å². The van der Waals surface area contributed by atoms with E-state index in [1.165, 1.54) is 0 Å². The summed E-state index contributed by atoms with van der Waals surface area (Å²) in [6.45, 7) is 1.80. The van der Waals surface area contributed by atoms with Crippen molar-refractivity contribution in [3.63, 3.8) is 0 Å². The molecule has 0 radical (unpaired) electrons. The Balaban J connectivity index is 2.08. The van der Waals surface area contributed by atoms with E-state index in [1.807, 2.05) is 30.3 Å². The van der Waals surface area contributed by atoms with Crippen LogP contribution in [-0.2, 0) is 26.9 Å². The summed E-state index contributed by atoms with van der Waals surface area (Å²) >= 11 is 6.06. The zero-order valence-corrected chi connectivity index (χ0v) is 12.5. The highest BCUT2D eigenvalue weighted by Gasteiger charge is 2.10. The Kier molecular flexibility index (Phi) is 5.09. The normalized spacial score (nSPS) is 12.3. The van der Waals surface area contributed by atoms with Gasteiger partial charge in [-0.05, 0) is 12.1 Å². The second-order valence-electron chi connectivity index (χ2n) is 4.16. The number of hydrogen-bond acceptors (Lipinski definition) is 4. The first-order valence-corrected chi connectivity index (χ1v) is 8.01. The number of hydrogen-bond donors (Lipinski definition) is 0. The molecule has 0 aliphatic rings. The molecule has 0 N–H and O–H groups in total. The molecule has 1 heterocycles. The average Bonchev–Trinajstić information content (AvgIpc) is 2.44. The van der Waals surface area contributed by atoms with E-state index in [1.54, 1.807) is 6.92 Å². The fraction of sp³-hybridized carbons (Fsp3) is 0.286. The van der Waals surface area contributed by atoms with Crippen molar-refractivity contribution in [1.82, 2.24) is 4.98 Å². The molecule has 0 saturated heterocycles. The van der Waals surface area contributed by atoms with Gasteiger partial charge in [0.1, 0.15) is 17.5 Å². The number of rotatable bonds is 5. The minimum atomic E-state index is -1.17. The van der Waals surface area contributed by atoms with Crippen molar-refractivity contribution in [2.75, 3.05) is 11.5 Å². The van der Waals surface area contributed by atoms with Gasteiger partial charge in [0.15, 0.2) is 0 Å². The molecule has 6 heteroatoms. The van der Waals surface area contributed by atoms with Crippen LogP contribution in [0.2, 0.25) is 5.15 Å². The summed E-state index contributed by atoms with van der Waals surface area (Å²) < 4.78 is 16.3. The number of pyridine rings is 1. The van der Waals surface area contributed by atoms with E-state index in [-0.39, 0.29) is 12.4 Å². The summed E-state index contributed by atoms with van der Waals surface area (Å²) in [4.78, 5) is 15.7. The molecule has 2 aromatic rings. The summed E-state index contributed by atoms with van der Waals surface area (Å²) in [7, 11) is -1.17. The molecule has 1 aromatic heterocycles. The molecule has 0 bridgehead atoms. The fourth-order valence-corrected chi connectivity index (χ4v) is 2.42. The summed E-state index contributed by atoms with van der Waals surface area (Å²) in [5.41, 5.74) is 1.43. The number of halogens is 1. The largest absolute Gasteiger partial charge is 0.460 e. The van der Waals surface area contributed by atoms with Gasteiger partial charge in [-0.3, -0.25) is 9.00 Å². The van der Waals surface area contributed by atoms with E-state index in [0.717, 1.165) is 10.9 Å². The molecule has 1 atom stereocenters. The van der Waals surface area contributed by atoms with Gasteiger partial charge < -0.3 is 4.74 Å². The van der Waals surface area contributed by atoms with Gasteiger partial charge in [0.2, 0.25) is 0 Å². The molecule has 0 fully saturated rings. The lowest BCUT2D eigenvalue weighted by atomic mass is 10.2. The lowest BCUT2D eigenvalue weighted by Crippen LogP contribution is -2.15. The zero-order chi connectivity index (χ0) is 14.5. The van der Waals surface area contributed by atoms with Crippen molar-refractivity contribution >= 4 is 39.3 Å². The fourth-order valence-electron chi connectivity index (χ4n) is 1.67. The molecule has 4 nitrogen and oxygen atoms in total. The Hall–Kier alpha value is -1.46. The van der Waals surface area contributed by atoms with Crippen LogP contribution >= 0.6 is 11.6 Å². The van der Waals surface area contributed by atoms with Crippen molar-refractivity contribution in [3.8, 4) is 0 Å². The molecule has 0 amide bonds. The third kappa shape index (κ3) is 3.77. The number of aromatic nitrogens is 1. The second kappa shape index (κ2) is 6.81. The summed E-state index contributed by atoms with van der Waals surface area (Å²) in [6, 6.07) is 9.40. The molecular formula is C14H14ClNO3S. The Morgan fingerprint density at radius 1 is 1.40 bits per heavy atom. The molecule has 0 aliphatic carbocycles. The molecule has 20 heavy (non-hydrogen) atoms. The Bertz CT molecular complexity index is 660. The molecule has 0 saturated carbocycles. The molecule has 0 unspecified atom stereocenters. The quantitative estimate of drug-likeness (QED) is 0.629. The van der Waals surface area contributed by atoms with E-state index in [0.29, 0.717) is 16.5 Å². The molecule has 0 spiro atoms. The van der Waals surface area contributed by atoms with Crippen LogP contribution in [0.25, 0.3) is 10.9 Å². The number of nitrogens with zero attached hydrogens (tertiary/aromatic N) is 1. The standard InChI is InChI=1S/C14H14ClNO3S/c1-2-20(18)9-13(17)19-8-11-7-10-5-3-4-6-12(10)16-14(11)15/h3-7H,2,8-9H2,1H3/t20-/m1/s1. The van der Waals surface area contributed by atoms with Crippen LogP contribution in [-0.4, -0.2) is 26.7 Å². The van der Waals surface area contributed by atoms with Crippen molar-refractivity contribution in [2.45, 2.75) is 13.5 Å². The predicted octanol–water partition coefficient (Wildman–Crippen LogP) is 2.70. The molecular weight excluding hydrogens is 298 g/mol. The first-order valence-electron chi connectivity index (χ1n) is 6.15. The SMILES string of the molecule is CC[S@@](=O)CC(=O)OCc1cc2ccccc2nc1Cl. The van der Waals surface area contributed by atoms with E-state index >= 15 is 0 Å². The van der Waals surface area contributed by atoms with Gasteiger partial charge in [0, 0.05) is 27.5 Å². The lowest BCUT2D eigenvalue weighted by Gasteiger charge is -2.07. The highest BCUT2D eigenvalue weighted by atomic mass is 35.5. The van der Waals surface area contributed by atoms with Crippen LogP contribution in [0.15, 0.2) is 30.3 Å². The third-order valence-corrected chi connectivity index (χ3v) is 4.27. The van der Waals surface area contributed by atoms with Crippen molar-refractivity contribution in [3.05, 3.63) is 41.0 Å². The maximum Gasteiger partial charge on any atom is 0.318 e. The van der Waals surface area contributed by atoms with Gasteiger partial charge in [0.05, 0.1) is 5.52 Å². The molecule has 1 aromatic carbocycles. The molecule has 2 rings (SSSR count). The van der Waals surface area contributed by atoms with E-state index < -0.39 is 16.8 Å². The van der Waals surface area contributed by atoms with Gasteiger partial charge in [-0.1, -0.05) is 36.7 Å². The van der Waals surface area contributed by atoms with Crippen molar-refractivity contribution in [2.24, 2.45) is 0 Å². The van der Waals surface area contributed by atoms with Gasteiger partial charge in [-0.25, -0.2) is 4.98 Å². The van der Waals surface area contributed by atoms with E-state index in [4.69, 9.17) is 16.3 Å². The van der Waals surface area contributed by atoms with Crippen molar-refractivity contribution < 1.29 is 13.7 Å². The van der Waals surface area contributed by atoms with Crippen LogP contribution in [0.3, 0.4) is 0 Å². The van der Waals surface area contributed by atoms with Gasteiger partial charge in [-0.2, -0.15) is 0 Å². The number of carbonyl (C=O) groups excluding carboxylic acids is 1. The summed E-state index contributed by atoms with van der Waals surface area (Å²) in [6.07, 6.45) is 0. The van der Waals surface area contributed by atoms with Gasteiger partial charge >= 0.3 is 5.97 Å². The van der Waals surface area contributed by atoms with Crippen molar-refractivity contribution in [1.29, 1.82) is 0 Å². The van der Waals surface area contributed by atoms with Crippen LogP contribution in [0, 0.1) is 0 Å². The maximum absolute atomic E-state index is 11.5. The topological polar surface area (TPSA) is 56.3 Å². The number of carbonyl (C=O) groups is 1. The predicted molar refractivity (Wildman–Crippen MR) is 80.1 cm³/mol. The highest BCUT2D eigenvalue weighted by Crippen LogP contribution is 2.21. The molecule has 106 valence electrons. The van der Waals surface area contributed by atoms with Crippen LogP contribution in [0.1, 0.15) is 12.5 Å².